The van der Waals surface area contributed by atoms with Crippen LogP contribution in [0.1, 0.15) is 25.7 Å². The molecule has 0 amide bonds. The summed E-state index contributed by atoms with van der Waals surface area (Å²) in [5, 5.41) is 3.89. The van der Waals surface area contributed by atoms with Crippen molar-refractivity contribution < 1.29 is 9.13 Å². The Labute approximate surface area is 179 Å². The minimum Gasteiger partial charge on any atom is -0.461 e. The van der Waals surface area contributed by atoms with Crippen molar-refractivity contribution in [2.45, 2.75) is 43.3 Å². The molecule has 0 spiro atoms. The van der Waals surface area contributed by atoms with Crippen molar-refractivity contribution in [3.05, 3.63) is 29.3 Å². The van der Waals surface area contributed by atoms with Gasteiger partial charge in [0.05, 0.1) is 10.9 Å². The third-order valence-corrected chi connectivity index (χ3v) is 7.28. The first-order valence-corrected chi connectivity index (χ1v) is 11.1. The molecule has 2 aromatic heterocycles. The molecule has 3 fully saturated rings. The van der Waals surface area contributed by atoms with Crippen LogP contribution in [0, 0.1) is 5.82 Å². The van der Waals surface area contributed by atoms with Crippen LogP contribution in [0.4, 0.5) is 10.2 Å². The Hall–Kier alpha value is -2.03. The smallest absolute Gasteiger partial charge is 0.319 e. The zero-order valence-electron chi connectivity index (χ0n) is 16.7. The second kappa shape index (κ2) is 7.00. The van der Waals surface area contributed by atoms with Gasteiger partial charge in [-0.2, -0.15) is 9.97 Å². The predicted octanol–water partition coefficient (Wildman–Crippen LogP) is 2.54. The summed E-state index contributed by atoms with van der Waals surface area (Å²) >= 11 is 5.96. The number of nitrogens with one attached hydrogen (secondary N) is 1. The second-order valence-corrected chi connectivity index (χ2v) is 9.19. The maximum Gasteiger partial charge on any atom is 0.319 e. The van der Waals surface area contributed by atoms with Gasteiger partial charge in [-0.3, -0.25) is 4.90 Å². The van der Waals surface area contributed by atoms with Gasteiger partial charge in [0.25, 0.3) is 0 Å². The van der Waals surface area contributed by atoms with E-state index in [9.17, 15) is 4.39 Å². The van der Waals surface area contributed by atoms with Crippen LogP contribution in [0.3, 0.4) is 0 Å². The van der Waals surface area contributed by atoms with Crippen molar-refractivity contribution >= 4 is 28.3 Å². The Morgan fingerprint density at radius 1 is 1.17 bits per heavy atom. The molecule has 1 N–H and O–H groups in total. The number of ether oxygens (including phenoxy) is 1. The van der Waals surface area contributed by atoms with Gasteiger partial charge in [-0.25, -0.2) is 9.37 Å². The molecular weight excluding hydrogens is 407 g/mol. The summed E-state index contributed by atoms with van der Waals surface area (Å²) in [6, 6.07) is 0.728. The Bertz CT molecular complexity index is 1010. The molecule has 0 aromatic carbocycles. The lowest BCUT2D eigenvalue weighted by molar-refractivity contribution is 0.108. The zero-order chi connectivity index (χ0) is 20.3. The van der Waals surface area contributed by atoms with E-state index in [-0.39, 0.29) is 34.3 Å². The molecule has 3 saturated heterocycles. The van der Waals surface area contributed by atoms with Crippen LogP contribution in [-0.2, 0) is 0 Å². The number of nitrogens with zero attached hydrogens (tertiary/aromatic N) is 5. The lowest BCUT2D eigenvalue weighted by atomic mass is 9.95. The Balaban J connectivity index is 1.37. The number of halogens is 2. The number of hydrogen-bond acceptors (Lipinski definition) is 7. The fourth-order valence-corrected chi connectivity index (χ4v) is 5.71. The Morgan fingerprint density at radius 2 is 1.90 bits per heavy atom. The Morgan fingerprint density at radius 3 is 2.63 bits per heavy atom. The van der Waals surface area contributed by atoms with E-state index >= 15 is 0 Å². The van der Waals surface area contributed by atoms with Crippen molar-refractivity contribution in [2.24, 2.45) is 0 Å². The third kappa shape index (κ3) is 2.96. The van der Waals surface area contributed by atoms with Crippen LogP contribution < -0.4 is 15.0 Å². The summed E-state index contributed by atoms with van der Waals surface area (Å²) in [6.45, 7) is 4.28. The highest BCUT2D eigenvalue weighted by Crippen LogP contribution is 2.39. The van der Waals surface area contributed by atoms with Crippen LogP contribution in [0.5, 0.6) is 6.01 Å². The first kappa shape index (κ1) is 18.7. The molecule has 0 radical (unpaired) electrons. The molecule has 4 aliphatic heterocycles. The summed E-state index contributed by atoms with van der Waals surface area (Å²) < 4.78 is 21.0. The first-order valence-electron chi connectivity index (χ1n) is 10.7. The minimum atomic E-state index is -0.625. The molecule has 4 aliphatic rings. The molecular formula is C21H24ClFN6O. The van der Waals surface area contributed by atoms with E-state index in [4.69, 9.17) is 21.3 Å². The van der Waals surface area contributed by atoms with E-state index in [0.717, 1.165) is 39.0 Å². The van der Waals surface area contributed by atoms with Gasteiger partial charge in [-0.15, -0.1) is 0 Å². The van der Waals surface area contributed by atoms with Crippen LogP contribution in [0.2, 0.25) is 5.15 Å². The molecule has 6 heterocycles. The molecule has 2 bridgehead atoms. The molecule has 0 saturated carbocycles. The van der Waals surface area contributed by atoms with E-state index < -0.39 is 5.82 Å². The quantitative estimate of drug-likeness (QED) is 0.590. The van der Waals surface area contributed by atoms with Crippen LogP contribution in [-0.4, -0.2) is 70.3 Å². The Kier molecular flexibility index (Phi) is 4.37. The van der Waals surface area contributed by atoms with Gasteiger partial charge < -0.3 is 15.0 Å². The van der Waals surface area contributed by atoms with Crippen molar-refractivity contribution in [1.29, 1.82) is 0 Å². The first-order chi connectivity index (χ1) is 14.6. The standard InChI is InChI=1S/C21H24ClFN6O/c22-18-16(23)17-15(9-24-18)19(28-10-13-3-4-14(11-28)25-13)27-20(26-17)30-12-21-5-1-7-29(21)8-2-6-21/h3-4,9,13-14,25H,1-2,5-8,10-12H2/t13-,14+. The van der Waals surface area contributed by atoms with E-state index in [1.54, 1.807) is 6.20 Å². The average Bonchev–Trinajstić information content (AvgIpc) is 3.42. The number of pyridine rings is 1. The molecule has 7 nitrogen and oxygen atoms in total. The van der Waals surface area contributed by atoms with Crippen LogP contribution >= 0.6 is 11.6 Å². The molecule has 0 aliphatic carbocycles. The summed E-state index contributed by atoms with van der Waals surface area (Å²) in [4.78, 5) is 17.8. The predicted molar refractivity (Wildman–Crippen MR) is 113 cm³/mol. The zero-order valence-corrected chi connectivity index (χ0v) is 17.4. The van der Waals surface area contributed by atoms with Gasteiger partial charge in [-0.05, 0) is 38.8 Å². The van der Waals surface area contributed by atoms with Crippen molar-refractivity contribution in [1.82, 2.24) is 25.2 Å². The van der Waals surface area contributed by atoms with E-state index in [1.165, 1.54) is 12.8 Å². The lowest BCUT2D eigenvalue weighted by Gasteiger charge is -2.34. The van der Waals surface area contributed by atoms with E-state index in [2.05, 4.69) is 37.2 Å². The monoisotopic (exact) mass is 430 g/mol. The van der Waals surface area contributed by atoms with Crippen molar-refractivity contribution in [2.75, 3.05) is 37.7 Å². The largest absolute Gasteiger partial charge is 0.461 e. The van der Waals surface area contributed by atoms with Crippen LogP contribution in [0.15, 0.2) is 18.3 Å². The molecule has 6 rings (SSSR count). The summed E-state index contributed by atoms with van der Waals surface area (Å²) in [7, 11) is 0. The van der Waals surface area contributed by atoms with E-state index in [0.29, 0.717) is 17.8 Å². The van der Waals surface area contributed by atoms with Gasteiger partial charge >= 0.3 is 6.01 Å². The molecule has 158 valence electrons. The molecule has 9 heteroatoms. The SMILES string of the molecule is Fc1c(Cl)ncc2c(N3C[C@H]4C=C[C@@H](C3)N4)nc(OCC34CCCN3CCC4)nc12. The van der Waals surface area contributed by atoms with E-state index in [1.807, 2.05) is 0 Å². The highest BCUT2D eigenvalue weighted by Gasteiger charge is 2.45. The fraction of sp³-hybridized carbons (Fsp3) is 0.571. The summed E-state index contributed by atoms with van der Waals surface area (Å²) in [6.07, 6.45) is 10.6. The van der Waals surface area contributed by atoms with Gasteiger partial charge in [-0.1, -0.05) is 23.8 Å². The van der Waals surface area contributed by atoms with Crippen molar-refractivity contribution in [3.8, 4) is 6.01 Å². The highest BCUT2D eigenvalue weighted by molar-refractivity contribution is 6.30. The molecule has 2 atom stereocenters. The number of hydrogen-bond donors (Lipinski definition) is 1. The minimum absolute atomic E-state index is 0.0744. The lowest BCUT2D eigenvalue weighted by Crippen LogP contribution is -2.52. The number of rotatable bonds is 4. The summed E-state index contributed by atoms with van der Waals surface area (Å²) in [5.74, 6) is 0.0332. The maximum absolute atomic E-state index is 14.9. The second-order valence-electron chi connectivity index (χ2n) is 8.83. The van der Waals surface area contributed by atoms with Crippen molar-refractivity contribution in [3.63, 3.8) is 0 Å². The van der Waals surface area contributed by atoms with Crippen LogP contribution in [0.25, 0.3) is 10.9 Å². The molecule has 2 aromatic rings. The van der Waals surface area contributed by atoms with Gasteiger partial charge in [0.1, 0.15) is 17.9 Å². The third-order valence-electron chi connectivity index (χ3n) is 7.02. The molecule has 0 unspecified atom stereocenters. The maximum atomic E-state index is 14.9. The average molecular weight is 431 g/mol. The van der Waals surface area contributed by atoms with Gasteiger partial charge in [0.2, 0.25) is 0 Å². The molecule has 30 heavy (non-hydrogen) atoms. The number of fused-ring (bicyclic) bond motifs is 4. The number of piperazine rings is 1. The number of anilines is 1. The van der Waals surface area contributed by atoms with Gasteiger partial charge in [0.15, 0.2) is 11.0 Å². The topological polar surface area (TPSA) is 66.4 Å². The highest BCUT2D eigenvalue weighted by atomic mass is 35.5. The van der Waals surface area contributed by atoms with Gasteiger partial charge in [0, 0.05) is 31.4 Å². The summed E-state index contributed by atoms with van der Waals surface area (Å²) in [5.41, 5.74) is 0.242. The fourth-order valence-electron chi connectivity index (χ4n) is 5.57. The number of aromatic nitrogens is 3. The normalized spacial score (nSPS) is 27.2.